The zero-order valence-electron chi connectivity index (χ0n) is 9.10. The maximum atomic E-state index is 11.6. The van der Waals surface area contributed by atoms with Gasteiger partial charge in [0, 0.05) is 5.56 Å². The summed E-state index contributed by atoms with van der Waals surface area (Å²) in [7, 11) is 0. The summed E-state index contributed by atoms with van der Waals surface area (Å²) in [5.41, 5.74) is 6.96. The third kappa shape index (κ3) is 3.27. The average Bonchev–Trinajstić information content (AvgIpc) is 2.35. The van der Waals surface area contributed by atoms with Crippen LogP contribution >= 0.6 is 0 Å². The first kappa shape index (κ1) is 12.0. The van der Waals surface area contributed by atoms with Gasteiger partial charge in [0.25, 0.3) is 5.91 Å². The Morgan fingerprint density at radius 1 is 1.44 bits per heavy atom. The van der Waals surface area contributed by atoms with Gasteiger partial charge in [0.2, 0.25) is 0 Å². The maximum Gasteiger partial charge on any atom is 0.251 e. The van der Waals surface area contributed by atoms with Gasteiger partial charge in [0.1, 0.15) is 0 Å². The number of amidine groups is 1. The van der Waals surface area contributed by atoms with Crippen molar-refractivity contribution in [3.63, 3.8) is 0 Å². The molecule has 0 saturated heterocycles. The van der Waals surface area contributed by atoms with E-state index in [1.54, 1.807) is 12.1 Å². The molecule has 0 aliphatic heterocycles. The number of hydrogen-bond acceptors (Lipinski definition) is 3. The molecule has 5 nitrogen and oxygen atoms in total. The number of hydrogen-bond donors (Lipinski definition) is 3. The number of nitrogens with one attached hydrogen (secondary N) is 1. The Labute approximate surface area is 94.0 Å². The largest absolute Gasteiger partial charge is 0.409 e. The van der Waals surface area contributed by atoms with Crippen LogP contribution < -0.4 is 11.1 Å². The van der Waals surface area contributed by atoms with Crippen LogP contribution in [-0.2, 0) is 6.42 Å². The SMILES string of the molecule is CCc1ccc(C(=O)NC/C(N)=N/O)cc1. The molecule has 0 atom stereocenters. The second-order valence-corrected chi connectivity index (χ2v) is 3.32. The highest BCUT2D eigenvalue weighted by Crippen LogP contribution is 2.04. The van der Waals surface area contributed by atoms with Gasteiger partial charge in [0.05, 0.1) is 6.54 Å². The lowest BCUT2D eigenvalue weighted by Gasteiger charge is -2.04. The standard InChI is InChI=1S/C11H15N3O2/c1-2-8-3-5-9(6-4-8)11(15)13-7-10(12)14-16/h3-6,16H,2,7H2,1H3,(H2,12,14)(H,13,15). The minimum absolute atomic E-state index is 0.0291. The molecule has 5 heteroatoms. The smallest absolute Gasteiger partial charge is 0.251 e. The van der Waals surface area contributed by atoms with Gasteiger partial charge in [-0.3, -0.25) is 4.79 Å². The zero-order chi connectivity index (χ0) is 12.0. The van der Waals surface area contributed by atoms with Crippen molar-refractivity contribution < 1.29 is 10.0 Å². The van der Waals surface area contributed by atoms with Gasteiger partial charge in [-0.15, -0.1) is 0 Å². The Kier molecular flexibility index (Phi) is 4.32. The molecular formula is C11H15N3O2. The number of rotatable bonds is 4. The number of nitrogens with zero attached hydrogens (tertiary/aromatic N) is 1. The van der Waals surface area contributed by atoms with Crippen molar-refractivity contribution in [3.05, 3.63) is 35.4 Å². The summed E-state index contributed by atoms with van der Waals surface area (Å²) < 4.78 is 0. The van der Waals surface area contributed by atoms with E-state index in [4.69, 9.17) is 10.9 Å². The molecule has 0 aromatic heterocycles. The van der Waals surface area contributed by atoms with Crippen molar-refractivity contribution in [2.75, 3.05) is 6.54 Å². The first-order valence-electron chi connectivity index (χ1n) is 5.01. The highest BCUT2D eigenvalue weighted by molar-refractivity contribution is 5.96. The molecule has 1 amide bonds. The van der Waals surface area contributed by atoms with E-state index < -0.39 is 0 Å². The number of carbonyl (C=O) groups excluding carboxylic acids is 1. The van der Waals surface area contributed by atoms with Crippen LogP contribution in [0.2, 0.25) is 0 Å². The third-order valence-electron chi connectivity index (χ3n) is 2.18. The van der Waals surface area contributed by atoms with Gasteiger partial charge < -0.3 is 16.3 Å². The van der Waals surface area contributed by atoms with E-state index in [-0.39, 0.29) is 18.3 Å². The lowest BCUT2D eigenvalue weighted by Crippen LogP contribution is -2.33. The molecule has 86 valence electrons. The number of oxime groups is 1. The van der Waals surface area contributed by atoms with Gasteiger partial charge >= 0.3 is 0 Å². The molecule has 0 saturated carbocycles. The van der Waals surface area contributed by atoms with Crippen LogP contribution in [0.3, 0.4) is 0 Å². The molecule has 0 radical (unpaired) electrons. The van der Waals surface area contributed by atoms with Gasteiger partial charge in [-0.25, -0.2) is 0 Å². The molecule has 0 bridgehead atoms. The molecule has 4 N–H and O–H groups in total. The number of carbonyl (C=O) groups is 1. The van der Waals surface area contributed by atoms with E-state index >= 15 is 0 Å². The number of amides is 1. The normalized spacial score (nSPS) is 11.2. The summed E-state index contributed by atoms with van der Waals surface area (Å²) in [6, 6.07) is 7.30. The minimum atomic E-state index is -0.241. The summed E-state index contributed by atoms with van der Waals surface area (Å²) in [4.78, 5) is 11.6. The second kappa shape index (κ2) is 5.75. The quantitative estimate of drug-likeness (QED) is 0.303. The van der Waals surface area contributed by atoms with Gasteiger partial charge in [0.15, 0.2) is 5.84 Å². The topological polar surface area (TPSA) is 87.7 Å². The molecule has 0 spiro atoms. The van der Waals surface area contributed by atoms with Crippen molar-refractivity contribution in [2.24, 2.45) is 10.9 Å². The Hall–Kier alpha value is -2.04. The molecule has 0 aliphatic rings. The number of benzene rings is 1. The Morgan fingerprint density at radius 2 is 2.06 bits per heavy atom. The Morgan fingerprint density at radius 3 is 2.56 bits per heavy atom. The van der Waals surface area contributed by atoms with Crippen LogP contribution in [0.25, 0.3) is 0 Å². The summed E-state index contributed by atoms with van der Waals surface area (Å²) in [6.45, 7) is 2.08. The van der Waals surface area contributed by atoms with E-state index in [2.05, 4.69) is 10.5 Å². The summed E-state index contributed by atoms with van der Waals surface area (Å²) in [5, 5.41) is 13.6. The first-order valence-corrected chi connectivity index (χ1v) is 5.01. The monoisotopic (exact) mass is 221 g/mol. The van der Waals surface area contributed by atoms with Crippen molar-refractivity contribution in [3.8, 4) is 0 Å². The van der Waals surface area contributed by atoms with Crippen LogP contribution in [-0.4, -0.2) is 23.5 Å². The summed E-state index contributed by atoms with van der Waals surface area (Å²) in [5.74, 6) is -0.271. The van der Waals surface area contributed by atoms with E-state index in [1.807, 2.05) is 19.1 Å². The fraction of sp³-hybridized carbons (Fsp3) is 0.273. The third-order valence-corrected chi connectivity index (χ3v) is 2.18. The second-order valence-electron chi connectivity index (χ2n) is 3.32. The highest BCUT2D eigenvalue weighted by atomic mass is 16.4. The van der Waals surface area contributed by atoms with Crippen LogP contribution in [0.4, 0.5) is 0 Å². The first-order chi connectivity index (χ1) is 7.67. The van der Waals surface area contributed by atoms with E-state index in [0.717, 1.165) is 6.42 Å². The van der Waals surface area contributed by atoms with Gasteiger partial charge in [-0.2, -0.15) is 0 Å². The molecular weight excluding hydrogens is 206 g/mol. The summed E-state index contributed by atoms with van der Waals surface area (Å²) in [6.07, 6.45) is 0.937. The molecule has 0 fully saturated rings. The van der Waals surface area contributed by atoms with E-state index in [0.29, 0.717) is 5.56 Å². The van der Waals surface area contributed by atoms with Gasteiger partial charge in [-0.1, -0.05) is 24.2 Å². The van der Waals surface area contributed by atoms with Crippen molar-refractivity contribution in [1.82, 2.24) is 5.32 Å². The van der Waals surface area contributed by atoms with Crippen LogP contribution in [0.1, 0.15) is 22.8 Å². The minimum Gasteiger partial charge on any atom is -0.409 e. The van der Waals surface area contributed by atoms with Crippen LogP contribution in [0.15, 0.2) is 29.4 Å². The van der Waals surface area contributed by atoms with E-state index in [1.165, 1.54) is 5.56 Å². The Balaban J connectivity index is 2.59. The number of nitrogens with two attached hydrogens (primary N) is 1. The predicted molar refractivity (Wildman–Crippen MR) is 61.6 cm³/mol. The van der Waals surface area contributed by atoms with Crippen LogP contribution in [0.5, 0.6) is 0 Å². The van der Waals surface area contributed by atoms with E-state index in [9.17, 15) is 4.79 Å². The average molecular weight is 221 g/mol. The zero-order valence-corrected chi connectivity index (χ0v) is 9.10. The molecule has 0 unspecified atom stereocenters. The lowest BCUT2D eigenvalue weighted by molar-refractivity contribution is 0.0959. The van der Waals surface area contributed by atoms with Crippen molar-refractivity contribution >= 4 is 11.7 Å². The molecule has 0 aliphatic carbocycles. The predicted octanol–water partition coefficient (Wildman–Crippen LogP) is 0.725. The Bertz CT molecular complexity index is 385. The molecule has 16 heavy (non-hydrogen) atoms. The highest BCUT2D eigenvalue weighted by Gasteiger charge is 2.05. The molecule has 0 heterocycles. The molecule has 1 rings (SSSR count). The van der Waals surface area contributed by atoms with Crippen molar-refractivity contribution in [2.45, 2.75) is 13.3 Å². The maximum absolute atomic E-state index is 11.6. The fourth-order valence-electron chi connectivity index (χ4n) is 1.20. The summed E-state index contributed by atoms with van der Waals surface area (Å²) >= 11 is 0. The van der Waals surface area contributed by atoms with Crippen LogP contribution in [0, 0.1) is 0 Å². The van der Waals surface area contributed by atoms with Gasteiger partial charge in [-0.05, 0) is 24.1 Å². The van der Waals surface area contributed by atoms with Crippen molar-refractivity contribution in [1.29, 1.82) is 0 Å². The number of aryl methyl sites for hydroxylation is 1. The lowest BCUT2D eigenvalue weighted by atomic mass is 10.1. The fourth-order valence-corrected chi connectivity index (χ4v) is 1.20. The molecule has 1 aromatic rings. The molecule has 1 aromatic carbocycles.